The Morgan fingerprint density at radius 2 is 2.16 bits per heavy atom. The van der Waals surface area contributed by atoms with Crippen LogP contribution < -0.4 is 0 Å². The number of thiophene rings is 1. The molecule has 7 heteroatoms. The summed E-state index contributed by atoms with van der Waals surface area (Å²) in [7, 11) is 0. The third-order valence-corrected chi connectivity index (χ3v) is 5.87. The van der Waals surface area contributed by atoms with E-state index < -0.39 is 0 Å². The molecule has 0 aliphatic heterocycles. The van der Waals surface area contributed by atoms with Crippen molar-refractivity contribution in [2.45, 2.75) is 13.5 Å². The first-order valence-electron chi connectivity index (χ1n) is 7.61. The fourth-order valence-corrected chi connectivity index (χ4v) is 4.45. The van der Waals surface area contributed by atoms with Gasteiger partial charge < -0.3 is 4.90 Å². The minimum atomic E-state index is -0.0541. The van der Waals surface area contributed by atoms with E-state index in [1.165, 1.54) is 22.7 Å². The van der Waals surface area contributed by atoms with E-state index in [0.29, 0.717) is 28.0 Å². The van der Waals surface area contributed by atoms with Crippen LogP contribution in [0.5, 0.6) is 0 Å². The minimum absolute atomic E-state index is 0.0541. The highest BCUT2D eigenvalue weighted by Crippen LogP contribution is 2.29. The molecule has 0 saturated carbocycles. The van der Waals surface area contributed by atoms with Gasteiger partial charge in [-0.15, -0.1) is 29.3 Å². The van der Waals surface area contributed by atoms with Crippen LogP contribution in [-0.4, -0.2) is 27.3 Å². The summed E-state index contributed by atoms with van der Waals surface area (Å²) in [5, 5.41) is 0.749. The van der Waals surface area contributed by atoms with Crippen LogP contribution in [0.3, 0.4) is 0 Å². The molecular weight excluding hydrogens is 374 g/mol. The number of thiazole rings is 1. The second-order valence-corrected chi connectivity index (χ2v) is 8.13. The highest BCUT2D eigenvalue weighted by molar-refractivity contribution is 7.17. The predicted octanol–water partition coefficient (Wildman–Crippen LogP) is 5.06. The second kappa shape index (κ2) is 7.91. The summed E-state index contributed by atoms with van der Waals surface area (Å²) in [6, 6.07) is 9.44. The first kappa shape index (κ1) is 17.8. The molecule has 25 heavy (non-hydrogen) atoms. The second-order valence-electron chi connectivity index (χ2n) is 5.33. The van der Waals surface area contributed by atoms with Crippen LogP contribution in [0.2, 0.25) is 4.34 Å². The van der Waals surface area contributed by atoms with Gasteiger partial charge in [-0.05, 0) is 31.2 Å². The van der Waals surface area contributed by atoms with Crippen LogP contribution in [0.15, 0.2) is 49.2 Å². The summed E-state index contributed by atoms with van der Waals surface area (Å²) in [6.45, 7) is 6.57. The molecule has 0 aliphatic carbocycles. The van der Waals surface area contributed by atoms with Gasteiger partial charge in [-0.25, -0.2) is 4.98 Å². The zero-order valence-corrected chi connectivity index (χ0v) is 16.0. The maximum absolute atomic E-state index is 13.0. The van der Waals surface area contributed by atoms with Gasteiger partial charge in [-0.2, -0.15) is 0 Å². The van der Waals surface area contributed by atoms with E-state index in [-0.39, 0.29) is 5.91 Å². The molecule has 0 atom stereocenters. The molecule has 3 aromatic rings. The topological polar surface area (TPSA) is 46.1 Å². The Kier molecular flexibility index (Phi) is 5.63. The lowest BCUT2D eigenvalue weighted by Crippen LogP contribution is -2.30. The molecule has 0 aromatic carbocycles. The highest BCUT2D eigenvalue weighted by Gasteiger charge is 2.22. The number of carbonyl (C=O) groups excluding carboxylic acids is 1. The number of pyridine rings is 1. The number of aryl methyl sites for hydroxylation is 1. The summed E-state index contributed by atoms with van der Waals surface area (Å²) < 4.78 is 0.715. The predicted molar refractivity (Wildman–Crippen MR) is 104 cm³/mol. The largest absolute Gasteiger partial charge is 0.329 e. The molecule has 0 radical (unpaired) electrons. The van der Waals surface area contributed by atoms with Crippen molar-refractivity contribution in [3.05, 3.63) is 69.0 Å². The highest BCUT2D eigenvalue weighted by atomic mass is 35.5. The molecule has 1 amide bonds. The molecule has 0 bridgehead atoms. The van der Waals surface area contributed by atoms with Crippen molar-refractivity contribution in [2.75, 3.05) is 6.54 Å². The van der Waals surface area contributed by atoms with Crippen molar-refractivity contribution < 1.29 is 4.79 Å². The fraction of sp³-hybridized carbons (Fsp3) is 0.167. The van der Waals surface area contributed by atoms with Crippen molar-refractivity contribution in [2.24, 2.45) is 0 Å². The number of aromatic nitrogens is 2. The Morgan fingerprint density at radius 3 is 2.80 bits per heavy atom. The Balaban J connectivity index is 1.86. The normalized spacial score (nSPS) is 10.6. The van der Waals surface area contributed by atoms with Gasteiger partial charge in [0, 0.05) is 17.6 Å². The quantitative estimate of drug-likeness (QED) is 0.554. The number of nitrogens with zero attached hydrogens (tertiary/aromatic N) is 3. The van der Waals surface area contributed by atoms with Crippen molar-refractivity contribution in [3.63, 3.8) is 0 Å². The van der Waals surface area contributed by atoms with Crippen LogP contribution in [0, 0.1) is 6.92 Å². The lowest BCUT2D eigenvalue weighted by atomic mass is 10.3. The average Bonchev–Trinajstić information content (AvgIpc) is 3.20. The van der Waals surface area contributed by atoms with Gasteiger partial charge >= 0.3 is 0 Å². The first-order chi connectivity index (χ1) is 12.1. The standard InChI is InChI=1S/C18H16ClN3OS2/c1-3-10-22(11-13-7-8-15(19)24-13)18(23)16-12(2)21-17(25-16)14-6-4-5-9-20-14/h3-9H,1,10-11H2,2H3. The zero-order chi connectivity index (χ0) is 17.8. The van der Waals surface area contributed by atoms with Crippen molar-refractivity contribution >= 4 is 40.2 Å². The van der Waals surface area contributed by atoms with Crippen LogP contribution in [0.4, 0.5) is 0 Å². The number of carbonyl (C=O) groups is 1. The van der Waals surface area contributed by atoms with Crippen LogP contribution >= 0.6 is 34.3 Å². The summed E-state index contributed by atoms with van der Waals surface area (Å²) in [5.74, 6) is -0.0541. The monoisotopic (exact) mass is 389 g/mol. The zero-order valence-electron chi connectivity index (χ0n) is 13.6. The van der Waals surface area contributed by atoms with Crippen molar-refractivity contribution in [3.8, 4) is 10.7 Å². The third-order valence-electron chi connectivity index (χ3n) is 3.49. The SMILES string of the molecule is C=CCN(Cc1ccc(Cl)s1)C(=O)c1sc(-c2ccccn2)nc1C. The molecular formula is C18H16ClN3OS2. The fourth-order valence-electron chi connectivity index (χ4n) is 2.34. The van der Waals surface area contributed by atoms with Gasteiger partial charge in [0.2, 0.25) is 0 Å². The summed E-state index contributed by atoms with van der Waals surface area (Å²) in [5.41, 5.74) is 1.49. The van der Waals surface area contributed by atoms with Gasteiger partial charge in [0.05, 0.1) is 22.3 Å². The van der Waals surface area contributed by atoms with E-state index in [1.807, 2.05) is 37.3 Å². The lowest BCUT2D eigenvalue weighted by molar-refractivity contribution is 0.0768. The first-order valence-corrected chi connectivity index (χ1v) is 9.63. The third kappa shape index (κ3) is 4.15. The number of rotatable bonds is 6. The molecule has 3 aromatic heterocycles. The van der Waals surface area contributed by atoms with Crippen LogP contribution in [0.1, 0.15) is 20.2 Å². The molecule has 0 N–H and O–H groups in total. The van der Waals surface area contributed by atoms with Crippen molar-refractivity contribution in [1.82, 2.24) is 14.9 Å². The number of hydrogen-bond acceptors (Lipinski definition) is 5. The Hall–Kier alpha value is -2.02. The molecule has 3 heterocycles. The van der Waals surface area contributed by atoms with Gasteiger partial charge in [0.25, 0.3) is 5.91 Å². The molecule has 0 fully saturated rings. The van der Waals surface area contributed by atoms with Crippen molar-refractivity contribution in [1.29, 1.82) is 0 Å². The van der Waals surface area contributed by atoms with E-state index in [1.54, 1.807) is 17.2 Å². The smallest absolute Gasteiger partial charge is 0.266 e. The molecule has 128 valence electrons. The average molecular weight is 390 g/mol. The van der Waals surface area contributed by atoms with Crippen LogP contribution in [0.25, 0.3) is 10.7 Å². The molecule has 4 nitrogen and oxygen atoms in total. The molecule has 0 aliphatic rings. The molecule has 3 rings (SSSR count). The maximum atomic E-state index is 13.0. The van der Waals surface area contributed by atoms with E-state index in [0.717, 1.165) is 15.6 Å². The number of halogens is 1. The Bertz CT molecular complexity index is 889. The van der Waals surface area contributed by atoms with Gasteiger partial charge in [0.15, 0.2) is 0 Å². The number of hydrogen-bond donors (Lipinski definition) is 0. The number of amides is 1. The van der Waals surface area contributed by atoms with E-state index in [2.05, 4.69) is 16.5 Å². The molecule has 0 unspecified atom stereocenters. The summed E-state index contributed by atoms with van der Waals surface area (Å²) in [6.07, 6.45) is 3.45. The van der Waals surface area contributed by atoms with Gasteiger partial charge in [0.1, 0.15) is 9.88 Å². The maximum Gasteiger partial charge on any atom is 0.266 e. The van der Waals surface area contributed by atoms with E-state index in [9.17, 15) is 4.79 Å². The molecule has 0 spiro atoms. The molecule has 0 saturated heterocycles. The van der Waals surface area contributed by atoms with Gasteiger partial charge in [-0.1, -0.05) is 23.7 Å². The minimum Gasteiger partial charge on any atom is -0.329 e. The van der Waals surface area contributed by atoms with E-state index in [4.69, 9.17) is 11.6 Å². The Morgan fingerprint density at radius 1 is 1.32 bits per heavy atom. The Labute approximate surface area is 159 Å². The summed E-state index contributed by atoms with van der Waals surface area (Å²) in [4.78, 5) is 25.3. The van der Waals surface area contributed by atoms with E-state index >= 15 is 0 Å². The lowest BCUT2D eigenvalue weighted by Gasteiger charge is -2.19. The van der Waals surface area contributed by atoms with Gasteiger partial charge in [-0.3, -0.25) is 9.78 Å². The van der Waals surface area contributed by atoms with Crippen LogP contribution in [-0.2, 0) is 6.54 Å². The summed E-state index contributed by atoms with van der Waals surface area (Å²) >= 11 is 8.84.